The van der Waals surface area contributed by atoms with E-state index >= 15 is 0 Å². The van der Waals surface area contributed by atoms with E-state index in [-0.39, 0.29) is 18.1 Å². The number of hydrogen-bond donors (Lipinski definition) is 1. The summed E-state index contributed by atoms with van der Waals surface area (Å²) in [4.78, 5) is 26.0. The summed E-state index contributed by atoms with van der Waals surface area (Å²) in [7, 11) is 0. The van der Waals surface area contributed by atoms with Crippen molar-refractivity contribution in [3.05, 3.63) is 59.8 Å². The predicted molar refractivity (Wildman–Crippen MR) is 69.9 cm³/mol. The Bertz CT molecular complexity index is 570. The molecule has 0 atom stereocenters. The molecule has 1 amide bonds. The van der Waals surface area contributed by atoms with Gasteiger partial charge in [0.15, 0.2) is 6.29 Å². The molecule has 0 radical (unpaired) electrons. The quantitative estimate of drug-likeness (QED) is 0.854. The van der Waals surface area contributed by atoms with Gasteiger partial charge in [0.25, 0.3) is 0 Å². The molecule has 2 aromatic rings. The minimum absolute atomic E-state index is 0.181. The SMILES string of the molecule is O=Cc1cccc(NC(=O)OCc2ccccc2)n1. The molecule has 1 N–H and O–H groups in total. The summed E-state index contributed by atoms with van der Waals surface area (Å²) in [5.74, 6) is 0.280. The molecule has 0 aliphatic carbocycles. The van der Waals surface area contributed by atoms with Gasteiger partial charge in [-0.1, -0.05) is 36.4 Å². The van der Waals surface area contributed by atoms with E-state index in [2.05, 4.69) is 10.3 Å². The topological polar surface area (TPSA) is 68.3 Å². The van der Waals surface area contributed by atoms with Crippen LogP contribution in [0.1, 0.15) is 16.1 Å². The zero-order chi connectivity index (χ0) is 13.5. The van der Waals surface area contributed by atoms with E-state index in [1.54, 1.807) is 18.2 Å². The molecule has 2 rings (SSSR count). The fourth-order valence-electron chi connectivity index (χ4n) is 1.45. The number of nitrogens with zero attached hydrogens (tertiary/aromatic N) is 1. The van der Waals surface area contributed by atoms with E-state index in [1.165, 1.54) is 0 Å². The Labute approximate surface area is 110 Å². The van der Waals surface area contributed by atoms with E-state index in [1.807, 2.05) is 30.3 Å². The van der Waals surface area contributed by atoms with Crippen LogP contribution in [0.15, 0.2) is 48.5 Å². The largest absolute Gasteiger partial charge is 0.444 e. The number of ether oxygens (including phenoxy) is 1. The van der Waals surface area contributed by atoms with Crippen molar-refractivity contribution in [1.29, 1.82) is 0 Å². The van der Waals surface area contributed by atoms with Gasteiger partial charge in [-0.2, -0.15) is 0 Å². The second kappa shape index (κ2) is 6.30. The number of hydrogen-bond acceptors (Lipinski definition) is 4. The highest BCUT2D eigenvalue weighted by Gasteiger charge is 2.05. The molecule has 0 saturated heterocycles. The number of anilines is 1. The second-order valence-electron chi connectivity index (χ2n) is 3.75. The van der Waals surface area contributed by atoms with Gasteiger partial charge < -0.3 is 4.74 Å². The normalized spacial score (nSPS) is 9.68. The van der Waals surface area contributed by atoms with Crippen molar-refractivity contribution in [1.82, 2.24) is 4.98 Å². The van der Waals surface area contributed by atoms with Crippen LogP contribution in [0.3, 0.4) is 0 Å². The average Bonchev–Trinajstić information content (AvgIpc) is 2.46. The molecule has 1 aromatic heterocycles. The minimum atomic E-state index is -0.612. The summed E-state index contributed by atoms with van der Waals surface area (Å²) in [5, 5.41) is 2.46. The van der Waals surface area contributed by atoms with Crippen LogP contribution in [-0.4, -0.2) is 17.4 Å². The molecule has 0 bridgehead atoms. The van der Waals surface area contributed by atoms with Crippen LogP contribution >= 0.6 is 0 Å². The minimum Gasteiger partial charge on any atom is -0.444 e. The van der Waals surface area contributed by atoms with Crippen LogP contribution < -0.4 is 5.32 Å². The van der Waals surface area contributed by atoms with Crippen molar-refractivity contribution in [3.63, 3.8) is 0 Å². The number of rotatable bonds is 4. The zero-order valence-electron chi connectivity index (χ0n) is 10.1. The highest BCUT2D eigenvalue weighted by atomic mass is 16.5. The molecule has 0 spiro atoms. The number of benzene rings is 1. The second-order valence-corrected chi connectivity index (χ2v) is 3.75. The molecule has 0 fully saturated rings. The van der Waals surface area contributed by atoms with E-state index in [4.69, 9.17) is 4.74 Å². The Hall–Kier alpha value is -2.69. The van der Waals surface area contributed by atoms with Crippen LogP contribution in [0.4, 0.5) is 10.6 Å². The van der Waals surface area contributed by atoms with Gasteiger partial charge in [0, 0.05) is 0 Å². The van der Waals surface area contributed by atoms with Gasteiger partial charge in [-0.3, -0.25) is 10.1 Å². The maximum atomic E-state index is 11.5. The Morgan fingerprint density at radius 3 is 2.68 bits per heavy atom. The van der Waals surface area contributed by atoms with E-state index < -0.39 is 6.09 Å². The fourth-order valence-corrected chi connectivity index (χ4v) is 1.45. The van der Waals surface area contributed by atoms with Crippen molar-refractivity contribution >= 4 is 18.2 Å². The Balaban J connectivity index is 1.89. The van der Waals surface area contributed by atoms with Gasteiger partial charge in [-0.05, 0) is 17.7 Å². The molecule has 5 nitrogen and oxygen atoms in total. The van der Waals surface area contributed by atoms with Crippen molar-refractivity contribution in [2.75, 3.05) is 5.32 Å². The van der Waals surface area contributed by atoms with Gasteiger partial charge >= 0.3 is 6.09 Å². The number of amides is 1. The molecule has 5 heteroatoms. The monoisotopic (exact) mass is 256 g/mol. The van der Waals surface area contributed by atoms with E-state index in [0.29, 0.717) is 6.29 Å². The Kier molecular flexibility index (Phi) is 4.23. The van der Waals surface area contributed by atoms with Crippen LogP contribution in [0.2, 0.25) is 0 Å². The first-order valence-electron chi connectivity index (χ1n) is 5.68. The summed E-state index contributed by atoms with van der Waals surface area (Å²) < 4.78 is 5.03. The molecular formula is C14H12N2O3. The summed E-state index contributed by atoms with van der Waals surface area (Å²) in [5.41, 5.74) is 1.15. The lowest BCUT2D eigenvalue weighted by molar-refractivity contribution is 0.111. The van der Waals surface area contributed by atoms with Gasteiger partial charge in [0.1, 0.15) is 18.1 Å². The van der Waals surface area contributed by atoms with Crippen molar-refractivity contribution in [2.45, 2.75) is 6.61 Å². The third kappa shape index (κ3) is 3.92. The first-order chi connectivity index (χ1) is 9.28. The standard InChI is InChI=1S/C14H12N2O3/c17-9-12-7-4-8-13(15-12)16-14(18)19-10-11-5-2-1-3-6-11/h1-9H,10H2,(H,15,16,18). The number of aromatic nitrogens is 1. The molecule has 0 unspecified atom stereocenters. The molecule has 1 aromatic carbocycles. The van der Waals surface area contributed by atoms with Crippen molar-refractivity contribution < 1.29 is 14.3 Å². The summed E-state index contributed by atoms with van der Waals surface area (Å²) in [6, 6.07) is 14.1. The number of carbonyl (C=O) groups is 2. The fraction of sp³-hybridized carbons (Fsp3) is 0.0714. The highest BCUT2D eigenvalue weighted by Crippen LogP contribution is 2.05. The van der Waals surface area contributed by atoms with E-state index in [0.717, 1.165) is 5.56 Å². The van der Waals surface area contributed by atoms with Crippen LogP contribution in [0.25, 0.3) is 0 Å². The number of aldehydes is 1. The lowest BCUT2D eigenvalue weighted by atomic mass is 10.2. The summed E-state index contributed by atoms with van der Waals surface area (Å²) in [6.45, 7) is 0.181. The van der Waals surface area contributed by atoms with Gasteiger partial charge in [-0.15, -0.1) is 0 Å². The maximum absolute atomic E-state index is 11.5. The molecule has 1 heterocycles. The molecule has 96 valence electrons. The lowest BCUT2D eigenvalue weighted by Gasteiger charge is -2.06. The smallest absolute Gasteiger partial charge is 0.413 e. The number of carbonyl (C=O) groups excluding carboxylic acids is 2. The molecule has 0 aliphatic heterocycles. The molecule has 0 saturated carbocycles. The first kappa shape index (κ1) is 12.8. The van der Waals surface area contributed by atoms with E-state index in [9.17, 15) is 9.59 Å². The van der Waals surface area contributed by atoms with Crippen LogP contribution in [0.5, 0.6) is 0 Å². The third-order valence-corrected chi connectivity index (χ3v) is 2.33. The van der Waals surface area contributed by atoms with Crippen LogP contribution in [-0.2, 0) is 11.3 Å². The number of pyridine rings is 1. The summed E-state index contributed by atoms with van der Waals surface area (Å²) in [6.07, 6.45) is -0.0000753. The van der Waals surface area contributed by atoms with Crippen LogP contribution in [0, 0.1) is 0 Å². The predicted octanol–water partition coefficient (Wildman–Crippen LogP) is 2.64. The Morgan fingerprint density at radius 2 is 1.95 bits per heavy atom. The van der Waals surface area contributed by atoms with Gasteiger partial charge in [0.05, 0.1) is 0 Å². The van der Waals surface area contributed by atoms with Crippen molar-refractivity contribution in [2.24, 2.45) is 0 Å². The van der Waals surface area contributed by atoms with Gasteiger partial charge in [-0.25, -0.2) is 9.78 Å². The molecule has 19 heavy (non-hydrogen) atoms. The first-order valence-corrected chi connectivity index (χ1v) is 5.68. The van der Waals surface area contributed by atoms with Gasteiger partial charge in [0.2, 0.25) is 0 Å². The Morgan fingerprint density at radius 1 is 1.16 bits per heavy atom. The molecule has 0 aliphatic rings. The zero-order valence-corrected chi connectivity index (χ0v) is 10.1. The number of nitrogens with one attached hydrogen (secondary N) is 1. The summed E-state index contributed by atoms with van der Waals surface area (Å²) >= 11 is 0. The van der Waals surface area contributed by atoms with Crippen molar-refractivity contribution in [3.8, 4) is 0 Å². The molecular weight excluding hydrogens is 244 g/mol. The highest BCUT2D eigenvalue weighted by molar-refractivity contribution is 5.84. The lowest BCUT2D eigenvalue weighted by Crippen LogP contribution is -2.14. The maximum Gasteiger partial charge on any atom is 0.413 e. The average molecular weight is 256 g/mol. The third-order valence-electron chi connectivity index (χ3n) is 2.33.